The highest BCUT2D eigenvalue weighted by Crippen LogP contribution is 2.18. The zero-order valence-electron chi connectivity index (χ0n) is 6.88. The first kappa shape index (κ1) is 10.1. The van der Waals surface area contributed by atoms with E-state index >= 15 is 0 Å². The van der Waals surface area contributed by atoms with Gasteiger partial charge in [-0.05, 0) is 5.41 Å². The molecule has 0 aliphatic heterocycles. The molecule has 4 nitrogen and oxygen atoms in total. The molecule has 0 heterocycles. The fraction of sp³-hybridized carbons (Fsp3) is 0.714. The van der Waals surface area contributed by atoms with E-state index in [4.69, 9.17) is 5.26 Å². The Hall–Kier alpha value is -0.900. The van der Waals surface area contributed by atoms with Crippen LogP contribution in [0, 0.1) is 5.41 Å². The molecule has 0 radical (unpaired) electrons. The molecule has 0 aromatic heterocycles. The molecular formula is C7H12O4. The minimum Gasteiger partial charge on any atom is -0.292 e. The molecule has 0 saturated heterocycles. The molecule has 0 unspecified atom stereocenters. The Morgan fingerprint density at radius 2 is 1.82 bits per heavy atom. The Balaban J connectivity index is 3.99. The lowest BCUT2D eigenvalue weighted by molar-refractivity contribution is -0.232. The smallest absolute Gasteiger partial charge is 0.292 e. The summed E-state index contributed by atoms with van der Waals surface area (Å²) < 4.78 is 0. The Kier molecular flexibility index (Phi) is 3.19. The lowest BCUT2D eigenvalue weighted by Gasteiger charge is -2.14. The van der Waals surface area contributed by atoms with Gasteiger partial charge in [-0.25, -0.2) is 4.79 Å². The molecule has 0 spiro atoms. The maximum absolute atomic E-state index is 10.8. The summed E-state index contributed by atoms with van der Waals surface area (Å²) in [6.45, 7) is 5.45. The van der Waals surface area contributed by atoms with Crippen LogP contribution in [-0.2, 0) is 14.5 Å². The van der Waals surface area contributed by atoms with Crippen LogP contribution in [0.5, 0.6) is 0 Å². The zero-order chi connectivity index (χ0) is 9.07. The van der Waals surface area contributed by atoms with Crippen LogP contribution in [0.3, 0.4) is 0 Å². The Labute approximate surface area is 65.1 Å². The highest BCUT2D eigenvalue weighted by Gasteiger charge is 2.22. The first-order valence-electron chi connectivity index (χ1n) is 3.25. The summed E-state index contributed by atoms with van der Waals surface area (Å²) in [6.07, 6.45) is 0.0758. The normalized spacial score (nSPS) is 10.9. The van der Waals surface area contributed by atoms with Gasteiger partial charge in [-0.15, -0.1) is 0 Å². The summed E-state index contributed by atoms with van der Waals surface area (Å²) in [6, 6.07) is 0. The van der Waals surface area contributed by atoms with Crippen molar-refractivity contribution in [1.82, 2.24) is 0 Å². The topological polar surface area (TPSA) is 63.6 Å². The SMILES string of the molecule is CC(C)(C)CC(=O)C(=O)OO. The Morgan fingerprint density at radius 3 is 2.09 bits per heavy atom. The average Bonchev–Trinajstić information content (AvgIpc) is 1.82. The Bertz CT molecular complexity index is 166. The van der Waals surface area contributed by atoms with Crippen molar-refractivity contribution in [2.24, 2.45) is 5.41 Å². The second kappa shape index (κ2) is 3.48. The maximum atomic E-state index is 10.8. The van der Waals surface area contributed by atoms with Gasteiger partial charge in [0.15, 0.2) is 0 Å². The molecule has 0 atom stereocenters. The number of hydrogen-bond acceptors (Lipinski definition) is 4. The van der Waals surface area contributed by atoms with Gasteiger partial charge in [-0.2, -0.15) is 5.26 Å². The Morgan fingerprint density at radius 1 is 1.36 bits per heavy atom. The van der Waals surface area contributed by atoms with Crippen molar-refractivity contribution in [1.29, 1.82) is 0 Å². The second-order valence-electron chi connectivity index (χ2n) is 3.54. The third-order valence-corrected chi connectivity index (χ3v) is 1.00. The fourth-order valence-electron chi connectivity index (χ4n) is 0.605. The molecule has 64 valence electrons. The van der Waals surface area contributed by atoms with Crippen LogP contribution in [0.25, 0.3) is 0 Å². The number of rotatable bonds is 2. The highest BCUT2D eigenvalue weighted by atomic mass is 17.1. The molecule has 0 bridgehead atoms. The number of hydrogen-bond donors (Lipinski definition) is 1. The van der Waals surface area contributed by atoms with Gasteiger partial charge >= 0.3 is 5.97 Å². The lowest BCUT2D eigenvalue weighted by Crippen LogP contribution is -2.21. The predicted molar refractivity (Wildman–Crippen MR) is 37.8 cm³/mol. The van der Waals surface area contributed by atoms with Crippen LogP contribution >= 0.6 is 0 Å². The van der Waals surface area contributed by atoms with Gasteiger partial charge in [0.1, 0.15) is 0 Å². The molecular weight excluding hydrogens is 148 g/mol. The largest absolute Gasteiger partial charge is 0.408 e. The van der Waals surface area contributed by atoms with Crippen molar-refractivity contribution in [2.75, 3.05) is 0 Å². The van der Waals surface area contributed by atoms with E-state index in [-0.39, 0.29) is 11.8 Å². The van der Waals surface area contributed by atoms with Crippen molar-refractivity contribution in [2.45, 2.75) is 27.2 Å². The third-order valence-electron chi connectivity index (χ3n) is 1.00. The molecule has 0 aromatic carbocycles. The summed E-state index contributed by atoms with van der Waals surface area (Å²) in [7, 11) is 0. The van der Waals surface area contributed by atoms with E-state index in [1.165, 1.54) is 0 Å². The molecule has 0 aliphatic rings. The van der Waals surface area contributed by atoms with Gasteiger partial charge < -0.3 is 0 Å². The van der Waals surface area contributed by atoms with Crippen LogP contribution in [-0.4, -0.2) is 17.0 Å². The summed E-state index contributed by atoms with van der Waals surface area (Å²) in [4.78, 5) is 24.4. The van der Waals surface area contributed by atoms with Crippen LogP contribution < -0.4 is 0 Å². The van der Waals surface area contributed by atoms with Crippen molar-refractivity contribution in [3.05, 3.63) is 0 Å². The fourth-order valence-corrected chi connectivity index (χ4v) is 0.605. The van der Waals surface area contributed by atoms with Crippen molar-refractivity contribution in [3.8, 4) is 0 Å². The van der Waals surface area contributed by atoms with E-state index in [1.54, 1.807) is 0 Å². The molecule has 0 aliphatic carbocycles. The van der Waals surface area contributed by atoms with Gasteiger partial charge in [0.25, 0.3) is 0 Å². The van der Waals surface area contributed by atoms with Gasteiger partial charge in [-0.1, -0.05) is 20.8 Å². The molecule has 0 amide bonds. The predicted octanol–water partition coefficient (Wildman–Crippen LogP) is 1.01. The van der Waals surface area contributed by atoms with E-state index in [2.05, 4.69) is 4.89 Å². The van der Waals surface area contributed by atoms with Gasteiger partial charge in [-0.3, -0.25) is 9.68 Å². The van der Waals surface area contributed by atoms with Crippen LogP contribution in [0.15, 0.2) is 0 Å². The average molecular weight is 160 g/mol. The van der Waals surface area contributed by atoms with Crippen LogP contribution in [0.4, 0.5) is 0 Å². The molecule has 0 aromatic rings. The van der Waals surface area contributed by atoms with Gasteiger partial charge in [0.2, 0.25) is 5.78 Å². The minimum absolute atomic E-state index is 0.0758. The molecule has 4 heteroatoms. The van der Waals surface area contributed by atoms with Crippen molar-refractivity contribution in [3.63, 3.8) is 0 Å². The van der Waals surface area contributed by atoms with E-state index in [9.17, 15) is 9.59 Å². The summed E-state index contributed by atoms with van der Waals surface area (Å²) >= 11 is 0. The van der Waals surface area contributed by atoms with Crippen molar-refractivity contribution >= 4 is 11.8 Å². The van der Waals surface area contributed by atoms with Crippen molar-refractivity contribution < 1.29 is 19.7 Å². The highest BCUT2D eigenvalue weighted by molar-refractivity contribution is 6.33. The van der Waals surface area contributed by atoms with E-state index in [1.807, 2.05) is 20.8 Å². The molecule has 1 N–H and O–H groups in total. The minimum atomic E-state index is -1.19. The molecule has 11 heavy (non-hydrogen) atoms. The number of ketones is 1. The lowest BCUT2D eigenvalue weighted by atomic mass is 9.90. The number of carbonyl (C=O) groups is 2. The van der Waals surface area contributed by atoms with Crippen LogP contribution in [0.1, 0.15) is 27.2 Å². The monoisotopic (exact) mass is 160 g/mol. The first-order chi connectivity index (χ1) is 4.87. The van der Waals surface area contributed by atoms with Crippen LogP contribution in [0.2, 0.25) is 0 Å². The van der Waals surface area contributed by atoms with E-state index in [0.717, 1.165) is 0 Å². The molecule has 0 rings (SSSR count). The summed E-state index contributed by atoms with van der Waals surface area (Å²) in [5, 5.41) is 7.83. The third kappa shape index (κ3) is 4.50. The number of Topliss-reactive ketones (excluding diaryl/α,β-unsaturated/α-hetero) is 1. The summed E-state index contributed by atoms with van der Waals surface area (Å²) in [5.41, 5.74) is -0.259. The maximum Gasteiger partial charge on any atom is 0.408 e. The summed E-state index contributed by atoms with van der Waals surface area (Å²) in [5.74, 6) is -1.90. The zero-order valence-corrected chi connectivity index (χ0v) is 6.88. The first-order valence-corrected chi connectivity index (χ1v) is 3.25. The van der Waals surface area contributed by atoms with E-state index in [0.29, 0.717) is 0 Å². The molecule has 0 fully saturated rings. The second-order valence-corrected chi connectivity index (χ2v) is 3.54. The quantitative estimate of drug-likeness (QED) is 0.372. The van der Waals surface area contributed by atoms with E-state index < -0.39 is 11.8 Å². The van der Waals surface area contributed by atoms with Gasteiger partial charge in [0.05, 0.1) is 0 Å². The number of carbonyl (C=O) groups excluding carboxylic acids is 2. The molecule has 0 saturated carbocycles. The van der Waals surface area contributed by atoms with Gasteiger partial charge in [0, 0.05) is 6.42 Å². The standard InChI is InChI=1S/C7H12O4/c1-7(2,3)4-5(8)6(9)11-10/h10H,4H2,1-3H3.